The van der Waals surface area contributed by atoms with Crippen molar-refractivity contribution in [3.8, 4) is 23.0 Å². The van der Waals surface area contributed by atoms with Crippen LogP contribution in [0, 0.1) is 11.8 Å². The van der Waals surface area contributed by atoms with Crippen LogP contribution in [0.4, 0.5) is 4.79 Å². The molecule has 0 heterocycles. The zero-order chi connectivity index (χ0) is 21.0. The first-order chi connectivity index (χ1) is 15.3. The summed E-state index contributed by atoms with van der Waals surface area (Å²) in [6.45, 7) is 0.543. The molecular weight excluding hydrogens is 382 g/mol. The fourth-order valence-corrected chi connectivity index (χ4v) is 4.18. The van der Waals surface area contributed by atoms with Crippen LogP contribution < -0.4 is 5.32 Å². The van der Waals surface area contributed by atoms with Crippen LogP contribution in [0.25, 0.3) is 21.9 Å². The van der Waals surface area contributed by atoms with E-state index in [1.54, 1.807) is 0 Å². The molecule has 1 amide bonds. The summed E-state index contributed by atoms with van der Waals surface area (Å²) in [6, 6.07) is 30.9. The van der Waals surface area contributed by atoms with Gasteiger partial charge in [0.25, 0.3) is 0 Å². The SMILES string of the molecule is O=C(NCC#Cc1ccc2ccccc2c1)OCC1c2ccccc2-c2ccccc21. The zero-order valence-corrected chi connectivity index (χ0v) is 17.0. The predicted molar refractivity (Wildman–Crippen MR) is 124 cm³/mol. The van der Waals surface area contributed by atoms with Gasteiger partial charge in [0.1, 0.15) is 6.61 Å². The molecule has 150 valence electrons. The summed E-state index contributed by atoms with van der Waals surface area (Å²) >= 11 is 0. The number of benzene rings is 4. The second kappa shape index (κ2) is 8.38. The van der Waals surface area contributed by atoms with E-state index < -0.39 is 6.09 Å². The van der Waals surface area contributed by atoms with E-state index in [4.69, 9.17) is 4.74 Å². The standard InChI is InChI=1S/C28H21NO2/c30-28(29-17-7-8-20-15-16-21-9-1-2-10-22(21)18-20)31-19-27-25-13-5-3-11-23(25)24-12-4-6-14-26(24)27/h1-6,9-16,18,27H,17,19H2,(H,29,30). The topological polar surface area (TPSA) is 38.3 Å². The molecule has 0 saturated carbocycles. The molecule has 0 fully saturated rings. The summed E-state index contributed by atoms with van der Waals surface area (Å²) in [5, 5.41) is 5.06. The summed E-state index contributed by atoms with van der Waals surface area (Å²) in [6.07, 6.45) is -0.449. The van der Waals surface area contributed by atoms with Gasteiger partial charge in [-0.3, -0.25) is 0 Å². The van der Waals surface area contributed by atoms with Crippen molar-refractivity contribution in [2.24, 2.45) is 0 Å². The molecule has 0 aromatic heterocycles. The van der Waals surface area contributed by atoms with Gasteiger partial charge in [-0.25, -0.2) is 4.79 Å². The first-order valence-corrected chi connectivity index (χ1v) is 10.4. The Bertz CT molecular complexity index is 1280. The molecule has 1 aliphatic rings. The Balaban J connectivity index is 1.19. The van der Waals surface area contributed by atoms with Gasteiger partial charge in [-0.2, -0.15) is 0 Å². The zero-order valence-electron chi connectivity index (χ0n) is 17.0. The number of carbonyl (C=O) groups is 1. The van der Waals surface area contributed by atoms with E-state index in [1.165, 1.54) is 27.6 Å². The van der Waals surface area contributed by atoms with E-state index in [0.717, 1.165) is 10.9 Å². The molecule has 0 saturated heterocycles. The highest BCUT2D eigenvalue weighted by molar-refractivity contribution is 5.83. The Labute approximate surface area is 181 Å². The number of carbonyl (C=O) groups excluding carboxylic acids is 1. The Kier molecular flexibility index (Phi) is 5.12. The smallest absolute Gasteiger partial charge is 0.407 e. The van der Waals surface area contributed by atoms with E-state index in [-0.39, 0.29) is 12.5 Å². The van der Waals surface area contributed by atoms with Crippen LogP contribution in [0.1, 0.15) is 22.6 Å². The van der Waals surface area contributed by atoms with Gasteiger partial charge in [0.15, 0.2) is 0 Å². The number of rotatable bonds is 3. The molecule has 3 heteroatoms. The van der Waals surface area contributed by atoms with Crippen LogP contribution in [0.2, 0.25) is 0 Å². The molecule has 4 aromatic rings. The van der Waals surface area contributed by atoms with Gasteiger partial charge in [0.2, 0.25) is 0 Å². The quantitative estimate of drug-likeness (QED) is 0.444. The normalized spacial score (nSPS) is 11.9. The highest BCUT2D eigenvalue weighted by Gasteiger charge is 2.28. The molecular formula is C28H21NO2. The van der Waals surface area contributed by atoms with E-state index in [0.29, 0.717) is 6.61 Å². The summed E-state index contributed by atoms with van der Waals surface area (Å²) in [7, 11) is 0. The highest BCUT2D eigenvalue weighted by Crippen LogP contribution is 2.44. The molecule has 0 bridgehead atoms. The maximum Gasteiger partial charge on any atom is 0.407 e. The molecule has 3 nitrogen and oxygen atoms in total. The summed E-state index contributed by atoms with van der Waals surface area (Å²) in [4.78, 5) is 12.2. The Morgan fingerprint density at radius 1 is 0.806 bits per heavy atom. The molecule has 0 aliphatic heterocycles. The van der Waals surface area contributed by atoms with Crippen LogP contribution in [0.5, 0.6) is 0 Å². The summed E-state index contributed by atoms with van der Waals surface area (Å²) in [5.41, 5.74) is 5.76. The average Bonchev–Trinajstić information content (AvgIpc) is 3.14. The number of hydrogen-bond donors (Lipinski definition) is 1. The average molecular weight is 403 g/mol. The first-order valence-electron chi connectivity index (χ1n) is 10.4. The van der Waals surface area contributed by atoms with Gasteiger partial charge in [-0.15, -0.1) is 0 Å². The summed E-state index contributed by atoms with van der Waals surface area (Å²) < 4.78 is 5.53. The second-order valence-electron chi connectivity index (χ2n) is 7.54. The lowest BCUT2D eigenvalue weighted by Gasteiger charge is -2.14. The lowest BCUT2D eigenvalue weighted by atomic mass is 9.98. The minimum Gasteiger partial charge on any atom is -0.449 e. The van der Waals surface area contributed by atoms with Crippen molar-refractivity contribution in [2.45, 2.75) is 5.92 Å². The number of nitrogens with one attached hydrogen (secondary N) is 1. The lowest BCUT2D eigenvalue weighted by molar-refractivity contribution is 0.144. The first kappa shape index (κ1) is 19.0. The van der Waals surface area contributed by atoms with Gasteiger partial charge in [0, 0.05) is 11.5 Å². The maximum atomic E-state index is 12.2. The molecule has 0 spiro atoms. The molecule has 31 heavy (non-hydrogen) atoms. The van der Waals surface area contributed by atoms with Crippen molar-refractivity contribution in [2.75, 3.05) is 13.2 Å². The second-order valence-corrected chi connectivity index (χ2v) is 7.54. The highest BCUT2D eigenvalue weighted by atomic mass is 16.5. The van der Waals surface area contributed by atoms with Crippen molar-refractivity contribution < 1.29 is 9.53 Å². The van der Waals surface area contributed by atoms with E-state index >= 15 is 0 Å². The van der Waals surface area contributed by atoms with Gasteiger partial charge in [-0.1, -0.05) is 90.7 Å². The number of amides is 1. The van der Waals surface area contributed by atoms with Crippen LogP contribution in [-0.4, -0.2) is 19.2 Å². The number of fused-ring (bicyclic) bond motifs is 4. The van der Waals surface area contributed by atoms with Crippen molar-refractivity contribution >= 4 is 16.9 Å². The van der Waals surface area contributed by atoms with Crippen molar-refractivity contribution in [1.29, 1.82) is 0 Å². The van der Waals surface area contributed by atoms with E-state index in [1.807, 2.05) is 42.5 Å². The molecule has 4 aromatic carbocycles. The minimum absolute atomic E-state index is 0.0573. The Hall–Kier alpha value is -4.03. The third-order valence-corrected chi connectivity index (χ3v) is 5.65. The number of alkyl carbamates (subject to hydrolysis) is 1. The monoisotopic (exact) mass is 403 g/mol. The van der Waals surface area contributed by atoms with Gasteiger partial charge in [0.05, 0.1) is 6.54 Å². The van der Waals surface area contributed by atoms with Crippen LogP contribution in [0.15, 0.2) is 91.0 Å². The van der Waals surface area contributed by atoms with Gasteiger partial charge >= 0.3 is 6.09 Å². The van der Waals surface area contributed by atoms with Gasteiger partial charge in [-0.05, 0) is 45.2 Å². The number of hydrogen-bond acceptors (Lipinski definition) is 2. The third kappa shape index (κ3) is 3.89. The third-order valence-electron chi connectivity index (χ3n) is 5.65. The fraction of sp³-hybridized carbons (Fsp3) is 0.107. The van der Waals surface area contributed by atoms with E-state index in [9.17, 15) is 4.79 Å². The molecule has 0 unspecified atom stereocenters. The van der Waals surface area contributed by atoms with Crippen molar-refractivity contribution in [3.05, 3.63) is 108 Å². The molecule has 1 aliphatic carbocycles. The lowest BCUT2D eigenvalue weighted by Crippen LogP contribution is -2.26. The van der Waals surface area contributed by atoms with Crippen molar-refractivity contribution in [3.63, 3.8) is 0 Å². The fourth-order valence-electron chi connectivity index (χ4n) is 4.18. The minimum atomic E-state index is -0.449. The maximum absolute atomic E-state index is 12.2. The van der Waals surface area contributed by atoms with Crippen LogP contribution in [0.3, 0.4) is 0 Å². The molecule has 1 N–H and O–H groups in total. The van der Waals surface area contributed by atoms with Crippen molar-refractivity contribution in [1.82, 2.24) is 5.32 Å². The largest absolute Gasteiger partial charge is 0.449 e. The number of ether oxygens (including phenoxy) is 1. The van der Waals surface area contributed by atoms with Gasteiger partial charge < -0.3 is 10.1 Å². The summed E-state index contributed by atoms with van der Waals surface area (Å²) in [5.74, 6) is 6.15. The molecule has 5 rings (SSSR count). The van der Waals surface area contributed by atoms with Crippen LogP contribution in [-0.2, 0) is 4.74 Å². The Morgan fingerprint density at radius 3 is 2.19 bits per heavy atom. The Morgan fingerprint density at radius 2 is 1.45 bits per heavy atom. The molecule has 0 atom stereocenters. The van der Waals surface area contributed by atoms with Crippen LogP contribution >= 0.6 is 0 Å². The predicted octanol–water partition coefficient (Wildman–Crippen LogP) is 5.73. The molecule has 0 radical (unpaired) electrons. The van der Waals surface area contributed by atoms with E-state index in [2.05, 4.69) is 65.7 Å².